The van der Waals surface area contributed by atoms with Crippen molar-refractivity contribution in [2.24, 2.45) is 11.3 Å². The number of halogens is 2. The van der Waals surface area contributed by atoms with Crippen molar-refractivity contribution >= 4 is 43.9 Å². The van der Waals surface area contributed by atoms with E-state index in [9.17, 15) is 22.0 Å². The third kappa shape index (κ3) is 4.43. The maximum Gasteiger partial charge on any atom is 0.291 e. The fourth-order valence-electron chi connectivity index (χ4n) is 5.35. The summed E-state index contributed by atoms with van der Waals surface area (Å²) in [5, 5.41) is 12.0. The lowest BCUT2D eigenvalue weighted by Crippen LogP contribution is -2.73. The highest BCUT2D eigenvalue weighted by atomic mass is 32.2. The van der Waals surface area contributed by atoms with Crippen LogP contribution in [-0.2, 0) is 14.8 Å². The molecule has 1 aliphatic carbocycles. The molecule has 3 fully saturated rings. The Hall–Kier alpha value is -2.91. The molecule has 15 heteroatoms. The van der Waals surface area contributed by atoms with E-state index in [0.717, 1.165) is 12.8 Å². The van der Waals surface area contributed by atoms with Crippen LogP contribution in [0.25, 0.3) is 16.0 Å². The van der Waals surface area contributed by atoms with Gasteiger partial charge in [0.25, 0.3) is 6.43 Å². The monoisotopic (exact) mass is 581 g/mol. The van der Waals surface area contributed by atoms with Gasteiger partial charge in [-0.2, -0.15) is 0 Å². The summed E-state index contributed by atoms with van der Waals surface area (Å²) in [5.74, 6) is 0.269. The van der Waals surface area contributed by atoms with Crippen LogP contribution in [0.15, 0.2) is 17.0 Å². The molecule has 6 rings (SSSR count). The molecule has 0 atom stereocenters. The molecule has 1 spiro atoms. The Morgan fingerprint density at radius 3 is 2.41 bits per heavy atom. The van der Waals surface area contributed by atoms with E-state index in [2.05, 4.69) is 24.9 Å². The van der Waals surface area contributed by atoms with Gasteiger partial charge in [-0.3, -0.25) is 4.79 Å². The Morgan fingerprint density at radius 1 is 1.15 bits per heavy atom. The Balaban J connectivity index is 1.42. The number of alkyl halides is 2. The largest absolute Gasteiger partial charge is 0.479 e. The molecular weight excluding hydrogens is 552 g/mol. The molecule has 1 N–H and O–H groups in total. The van der Waals surface area contributed by atoms with Crippen LogP contribution in [0.4, 0.5) is 14.5 Å². The number of amides is 1. The van der Waals surface area contributed by atoms with E-state index < -0.39 is 27.0 Å². The van der Waals surface area contributed by atoms with Crippen LogP contribution in [0.5, 0.6) is 5.88 Å². The van der Waals surface area contributed by atoms with Gasteiger partial charge in [0.2, 0.25) is 26.9 Å². The smallest absolute Gasteiger partial charge is 0.291 e. The number of likely N-dealkylation sites (tertiary alicyclic amines) is 1. The number of nitrogens with zero attached hydrogens (tertiary/aromatic N) is 6. The van der Waals surface area contributed by atoms with Gasteiger partial charge in [0, 0.05) is 43.1 Å². The topological polar surface area (TPSA) is 123 Å². The minimum Gasteiger partial charge on any atom is -0.479 e. The number of rotatable bonds is 8. The summed E-state index contributed by atoms with van der Waals surface area (Å²) in [4.78, 5) is 16.3. The molecule has 0 radical (unpaired) electrons. The quantitative estimate of drug-likeness (QED) is 0.431. The van der Waals surface area contributed by atoms with Crippen LogP contribution in [0.1, 0.15) is 45.0 Å². The first-order valence-electron chi connectivity index (χ1n) is 12.6. The average molecular weight is 582 g/mol. The van der Waals surface area contributed by atoms with Crippen molar-refractivity contribution < 1.29 is 26.7 Å². The average Bonchev–Trinajstić information content (AvgIpc) is 3.21. The summed E-state index contributed by atoms with van der Waals surface area (Å²) >= 11 is 0.674. The SMILES string of the molecule is COc1nn(-c2nnc(C(F)F)s2)c2cc(S(=O)(=O)NC3(C)CC3)cc(N3CC4(CN(C(=O)C(C)C)C4)C3)c12. The summed E-state index contributed by atoms with van der Waals surface area (Å²) in [6.45, 7) is 8.17. The van der Waals surface area contributed by atoms with Crippen LogP contribution >= 0.6 is 11.3 Å². The number of methoxy groups -OCH3 is 1. The van der Waals surface area contributed by atoms with Crippen molar-refractivity contribution in [3.8, 4) is 11.0 Å². The van der Waals surface area contributed by atoms with Crippen LogP contribution in [0, 0.1) is 11.3 Å². The second-order valence-corrected chi connectivity index (χ2v) is 14.0. The van der Waals surface area contributed by atoms with Crippen molar-refractivity contribution in [1.82, 2.24) is 29.6 Å². The third-order valence-corrected chi connectivity index (χ3v) is 10.2. The molecule has 1 amide bonds. The molecule has 11 nitrogen and oxygen atoms in total. The summed E-state index contributed by atoms with van der Waals surface area (Å²) < 4.78 is 63.1. The summed E-state index contributed by atoms with van der Waals surface area (Å²) in [6.07, 6.45) is -1.31. The Labute approximate surface area is 228 Å². The predicted molar refractivity (Wildman–Crippen MR) is 140 cm³/mol. The van der Waals surface area contributed by atoms with E-state index in [1.807, 2.05) is 25.7 Å². The van der Waals surface area contributed by atoms with Gasteiger partial charge < -0.3 is 14.5 Å². The number of hydrogen-bond acceptors (Lipinski definition) is 9. The van der Waals surface area contributed by atoms with Gasteiger partial charge in [0.1, 0.15) is 0 Å². The molecule has 4 heterocycles. The first kappa shape index (κ1) is 26.3. The van der Waals surface area contributed by atoms with E-state index in [-0.39, 0.29) is 33.1 Å². The zero-order valence-electron chi connectivity index (χ0n) is 21.9. The van der Waals surface area contributed by atoms with E-state index in [1.54, 1.807) is 6.07 Å². The number of anilines is 1. The number of carbonyl (C=O) groups excluding carboxylic acids is 1. The Kier molecular flexibility index (Phi) is 5.94. The molecule has 2 aromatic heterocycles. The van der Waals surface area contributed by atoms with Crippen LogP contribution in [-0.4, -0.2) is 78.0 Å². The maximum atomic E-state index is 13.4. The van der Waals surface area contributed by atoms with Gasteiger partial charge in [-0.1, -0.05) is 25.2 Å². The minimum absolute atomic E-state index is 0.0340. The third-order valence-electron chi connectivity index (χ3n) is 7.64. The standard InChI is InChI=1S/C24H29F2N7O4S2/c1-13(2)21(34)32-11-24(12-32)9-31(10-24)15-7-14(39(35,36)30-23(3)5-6-23)8-16-17(15)19(37-4)29-33(16)22-28-27-20(38-22)18(25)26/h7-8,13,18,30H,5-6,9-12H2,1-4H3. The van der Waals surface area contributed by atoms with Crippen LogP contribution < -0.4 is 14.4 Å². The lowest BCUT2D eigenvalue weighted by atomic mass is 9.72. The van der Waals surface area contributed by atoms with Gasteiger partial charge in [0.15, 0.2) is 5.01 Å². The molecule has 39 heavy (non-hydrogen) atoms. The molecule has 1 aromatic carbocycles. The number of aromatic nitrogens is 4. The number of carbonyl (C=O) groups is 1. The van der Waals surface area contributed by atoms with Crippen molar-refractivity contribution in [3.05, 3.63) is 17.1 Å². The fourth-order valence-corrected chi connectivity index (χ4v) is 7.52. The molecule has 3 aromatic rings. The zero-order chi connectivity index (χ0) is 27.9. The second-order valence-electron chi connectivity index (χ2n) is 11.4. The highest BCUT2D eigenvalue weighted by Gasteiger charge is 2.54. The van der Waals surface area contributed by atoms with Gasteiger partial charge in [0.05, 0.1) is 28.6 Å². The molecule has 0 bridgehead atoms. The van der Waals surface area contributed by atoms with Crippen LogP contribution in [0.3, 0.4) is 0 Å². The Bertz CT molecular complexity index is 1570. The normalized spacial score (nSPS) is 19.6. The van der Waals surface area contributed by atoms with Gasteiger partial charge in [-0.25, -0.2) is 26.6 Å². The minimum atomic E-state index is -3.91. The number of nitrogens with one attached hydrogen (secondary N) is 1. The molecule has 210 valence electrons. The lowest BCUT2D eigenvalue weighted by molar-refractivity contribution is -0.148. The number of fused-ring (bicyclic) bond motifs is 1. The molecule has 2 aliphatic heterocycles. The molecule has 2 saturated heterocycles. The predicted octanol–water partition coefficient (Wildman–Crippen LogP) is 2.96. The molecule has 1 saturated carbocycles. The van der Waals surface area contributed by atoms with E-state index in [4.69, 9.17) is 4.74 Å². The van der Waals surface area contributed by atoms with E-state index >= 15 is 0 Å². The summed E-state index contributed by atoms with van der Waals surface area (Å²) in [7, 11) is -2.46. The Morgan fingerprint density at radius 2 is 1.85 bits per heavy atom. The highest BCUT2D eigenvalue weighted by Crippen LogP contribution is 2.47. The second kappa shape index (κ2) is 8.80. The summed E-state index contributed by atoms with van der Waals surface area (Å²) in [6, 6.07) is 3.08. The van der Waals surface area contributed by atoms with Gasteiger partial charge >= 0.3 is 0 Å². The highest BCUT2D eigenvalue weighted by molar-refractivity contribution is 7.89. The van der Waals surface area contributed by atoms with Crippen molar-refractivity contribution in [2.75, 3.05) is 38.2 Å². The first-order chi connectivity index (χ1) is 18.3. The maximum absolute atomic E-state index is 13.4. The van der Waals surface area contributed by atoms with E-state index in [0.29, 0.717) is 54.1 Å². The molecular formula is C24H29F2N7O4S2. The summed E-state index contributed by atoms with van der Waals surface area (Å²) in [5.41, 5.74) is 0.417. The lowest BCUT2D eigenvalue weighted by Gasteiger charge is -2.61. The molecule has 0 unspecified atom stereocenters. The van der Waals surface area contributed by atoms with Crippen LogP contribution in [0.2, 0.25) is 0 Å². The van der Waals surface area contributed by atoms with Crippen molar-refractivity contribution in [3.63, 3.8) is 0 Å². The first-order valence-corrected chi connectivity index (χ1v) is 14.9. The zero-order valence-corrected chi connectivity index (χ0v) is 23.6. The number of ether oxygens (including phenoxy) is 1. The van der Waals surface area contributed by atoms with Gasteiger partial charge in [-0.05, 0) is 31.9 Å². The fraction of sp³-hybridized carbons (Fsp3) is 0.583. The number of hydrogen-bond donors (Lipinski definition) is 1. The van der Waals surface area contributed by atoms with Gasteiger partial charge in [-0.15, -0.1) is 15.3 Å². The van der Waals surface area contributed by atoms with E-state index in [1.165, 1.54) is 17.9 Å². The van der Waals surface area contributed by atoms with Crippen molar-refractivity contribution in [1.29, 1.82) is 0 Å². The van der Waals surface area contributed by atoms with Crippen molar-refractivity contribution in [2.45, 2.75) is 50.5 Å². The number of sulfonamides is 1. The molecule has 3 aliphatic rings. The number of benzene rings is 1.